The minimum absolute atomic E-state index is 0.0430. The number of fused-ring (bicyclic) bond motifs is 1. The van der Waals surface area contributed by atoms with Crippen molar-refractivity contribution in [1.82, 2.24) is 18.8 Å². The van der Waals surface area contributed by atoms with Crippen molar-refractivity contribution in [3.05, 3.63) is 46.2 Å². The van der Waals surface area contributed by atoms with Crippen molar-refractivity contribution in [3.8, 4) is 0 Å². The summed E-state index contributed by atoms with van der Waals surface area (Å²) < 4.78 is 6.41. The first-order valence-corrected chi connectivity index (χ1v) is 11.4. The summed E-state index contributed by atoms with van der Waals surface area (Å²) in [6.07, 6.45) is 12.6. The fraction of sp³-hybridized carbons (Fsp3) is 0.609. The highest BCUT2D eigenvalue weighted by molar-refractivity contribution is 7.13. The highest BCUT2D eigenvalue weighted by Gasteiger charge is 2.20. The predicted molar refractivity (Wildman–Crippen MR) is 125 cm³/mol. The van der Waals surface area contributed by atoms with Gasteiger partial charge in [-0.1, -0.05) is 50.5 Å². The molecule has 29 heavy (non-hydrogen) atoms. The van der Waals surface area contributed by atoms with Gasteiger partial charge in [-0.15, -0.1) is 0 Å². The number of aromatic nitrogens is 3. The normalized spacial score (nSPS) is 18.8. The van der Waals surface area contributed by atoms with Crippen LogP contribution in [0.5, 0.6) is 0 Å². The predicted octanol–water partition coefficient (Wildman–Crippen LogP) is 5.28. The Hall–Kier alpha value is -1.79. The molecule has 1 atom stereocenters. The molecule has 0 radical (unpaired) electrons. The Morgan fingerprint density at radius 2 is 2.07 bits per heavy atom. The summed E-state index contributed by atoms with van der Waals surface area (Å²) in [5.74, 6) is 0.677. The van der Waals surface area contributed by atoms with Crippen LogP contribution in [0, 0.1) is 5.92 Å². The van der Waals surface area contributed by atoms with Gasteiger partial charge < -0.3 is 4.90 Å². The quantitative estimate of drug-likeness (QED) is 0.622. The fourth-order valence-electron chi connectivity index (χ4n) is 3.11. The summed E-state index contributed by atoms with van der Waals surface area (Å²) in [4.78, 5) is 18.9. The molecule has 2 aromatic rings. The van der Waals surface area contributed by atoms with E-state index in [4.69, 9.17) is 0 Å². The number of rotatable bonds is 5. The SMILES string of the molecule is CC/C(C)=C\C=C(\C)C(C)C.CN1CCCCC1Cn1cnc2cnsc2c1=O. The molecule has 160 valence electrons. The van der Waals surface area contributed by atoms with Crippen LogP contribution in [0.3, 0.4) is 0 Å². The molecule has 1 aliphatic rings. The third kappa shape index (κ3) is 6.89. The molecule has 0 bridgehead atoms. The molecule has 1 saturated heterocycles. The Balaban J connectivity index is 0.000000237. The number of likely N-dealkylation sites (N-methyl/N-ethyl adjacent to an activating group) is 1. The van der Waals surface area contributed by atoms with Crippen LogP contribution in [0.1, 0.15) is 60.3 Å². The summed E-state index contributed by atoms with van der Waals surface area (Å²) in [7, 11) is 2.13. The Morgan fingerprint density at radius 1 is 1.31 bits per heavy atom. The Labute approximate surface area is 179 Å². The molecule has 0 aliphatic carbocycles. The van der Waals surface area contributed by atoms with Gasteiger partial charge in [0.1, 0.15) is 10.2 Å². The van der Waals surface area contributed by atoms with Crippen LogP contribution in [0.15, 0.2) is 40.6 Å². The fourth-order valence-corrected chi connectivity index (χ4v) is 3.76. The van der Waals surface area contributed by atoms with E-state index in [0.29, 0.717) is 22.2 Å². The molecule has 1 unspecified atom stereocenters. The molecule has 5 nitrogen and oxygen atoms in total. The Morgan fingerprint density at radius 3 is 2.72 bits per heavy atom. The second kappa shape index (κ2) is 11.4. The molecular weight excluding hydrogens is 380 g/mol. The topological polar surface area (TPSA) is 51.0 Å². The third-order valence-corrected chi connectivity index (χ3v) is 6.55. The lowest BCUT2D eigenvalue weighted by molar-refractivity contribution is 0.166. The number of allylic oxidation sites excluding steroid dienone is 4. The van der Waals surface area contributed by atoms with Crippen molar-refractivity contribution in [1.29, 1.82) is 0 Å². The van der Waals surface area contributed by atoms with Crippen molar-refractivity contribution in [2.75, 3.05) is 13.6 Å². The van der Waals surface area contributed by atoms with E-state index >= 15 is 0 Å². The average molecular weight is 417 g/mol. The molecule has 0 amide bonds. The van der Waals surface area contributed by atoms with Crippen molar-refractivity contribution in [2.24, 2.45) is 5.92 Å². The van der Waals surface area contributed by atoms with Gasteiger partial charge in [-0.3, -0.25) is 9.36 Å². The summed E-state index contributed by atoms with van der Waals surface area (Å²) in [6.45, 7) is 12.8. The smallest absolute Gasteiger partial charge is 0.272 e. The maximum Gasteiger partial charge on any atom is 0.272 e. The highest BCUT2D eigenvalue weighted by atomic mass is 32.1. The lowest BCUT2D eigenvalue weighted by Crippen LogP contribution is -2.41. The van der Waals surface area contributed by atoms with Crippen LogP contribution < -0.4 is 5.56 Å². The molecule has 0 N–H and O–H groups in total. The maximum atomic E-state index is 12.2. The first kappa shape index (κ1) is 23.5. The van der Waals surface area contributed by atoms with Crippen LogP contribution in [-0.2, 0) is 6.54 Å². The first-order valence-electron chi connectivity index (χ1n) is 10.7. The molecule has 6 heteroatoms. The minimum atomic E-state index is 0.0430. The van der Waals surface area contributed by atoms with Crippen molar-refractivity contribution in [2.45, 2.75) is 72.9 Å². The molecule has 0 saturated carbocycles. The van der Waals surface area contributed by atoms with Crippen molar-refractivity contribution < 1.29 is 0 Å². The van der Waals surface area contributed by atoms with E-state index in [-0.39, 0.29) is 5.56 Å². The van der Waals surface area contributed by atoms with Crippen LogP contribution in [-0.4, -0.2) is 38.5 Å². The van der Waals surface area contributed by atoms with Crippen LogP contribution in [0.25, 0.3) is 10.2 Å². The molecule has 0 spiro atoms. The number of nitrogens with zero attached hydrogens (tertiary/aromatic N) is 4. The standard InChI is InChI=1S/C12H16N4OS.C11H20/c1-15-5-3-2-4-9(15)7-16-8-13-10-6-14-18-11(10)12(16)17;1-6-10(4)7-8-11(5)9(2)3/h6,8-9H,2-5,7H2,1H3;7-9H,6H2,1-5H3/b;10-7-,11-8-. The average Bonchev–Trinajstić information content (AvgIpc) is 3.19. The van der Waals surface area contributed by atoms with E-state index in [1.165, 1.54) is 35.5 Å². The van der Waals surface area contributed by atoms with Gasteiger partial charge in [0, 0.05) is 12.6 Å². The number of hydrogen-bond acceptors (Lipinski definition) is 5. The van der Waals surface area contributed by atoms with E-state index in [1.807, 2.05) is 0 Å². The lowest BCUT2D eigenvalue weighted by atomic mass is 10.0. The van der Waals surface area contributed by atoms with Gasteiger partial charge in [0.15, 0.2) is 0 Å². The zero-order valence-electron chi connectivity index (χ0n) is 18.8. The second-order valence-corrected chi connectivity index (χ2v) is 9.11. The first-order chi connectivity index (χ1) is 13.8. The molecule has 1 aliphatic heterocycles. The van der Waals surface area contributed by atoms with Crippen LogP contribution in [0.2, 0.25) is 0 Å². The van der Waals surface area contributed by atoms with Gasteiger partial charge in [0.2, 0.25) is 0 Å². The van der Waals surface area contributed by atoms with E-state index < -0.39 is 0 Å². The second-order valence-electron chi connectivity index (χ2n) is 8.30. The van der Waals surface area contributed by atoms with Gasteiger partial charge in [-0.05, 0) is 64.2 Å². The third-order valence-electron chi connectivity index (χ3n) is 5.77. The zero-order valence-corrected chi connectivity index (χ0v) is 19.6. The summed E-state index contributed by atoms with van der Waals surface area (Å²) in [5, 5.41) is 0. The Kier molecular flexibility index (Phi) is 9.24. The number of piperidine rings is 1. The highest BCUT2D eigenvalue weighted by Crippen LogP contribution is 2.17. The zero-order chi connectivity index (χ0) is 21.4. The Bertz CT molecular complexity index is 894. The van der Waals surface area contributed by atoms with E-state index in [0.717, 1.165) is 25.9 Å². The molecule has 1 fully saturated rings. The van der Waals surface area contributed by atoms with Gasteiger partial charge in [-0.25, -0.2) is 4.98 Å². The number of likely N-dealkylation sites (tertiary alicyclic amines) is 1. The maximum absolute atomic E-state index is 12.2. The van der Waals surface area contributed by atoms with Crippen LogP contribution >= 0.6 is 11.5 Å². The van der Waals surface area contributed by atoms with Gasteiger partial charge >= 0.3 is 0 Å². The van der Waals surface area contributed by atoms with Crippen LogP contribution in [0.4, 0.5) is 0 Å². The monoisotopic (exact) mass is 416 g/mol. The summed E-state index contributed by atoms with van der Waals surface area (Å²) in [5.41, 5.74) is 3.66. The lowest BCUT2D eigenvalue weighted by Gasteiger charge is -2.32. The molecular formula is C23H36N4OS. The van der Waals surface area contributed by atoms with Gasteiger partial charge in [0.05, 0.1) is 12.5 Å². The summed E-state index contributed by atoms with van der Waals surface area (Å²) in [6, 6.07) is 0.448. The van der Waals surface area contributed by atoms with Gasteiger partial charge in [-0.2, -0.15) is 4.37 Å². The molecule has 0 aromatic carbocycles. The van der Waals surface area contributed by atoms with E-state index in [2.05, 4.69) is 68.1 Å². The van der Waals surface area contributed by atoms with E-state index in [1.54, 1.807) is 17.1 Å². The van der Waals surface area contributed by atoms with Gasteiger partial charge in [0.25, 0.3) is 5.56 Å². The van der Waals surface area contributed by atoms with E-state index in [9.17, 15) is 4.79 Å². The molecule has 2 aromatic heterocycles. The van der Waals surface area contributed by atoms with Crippen molar-refractivity contribution in [3.63, 3.8) is 0 Å². The summed E-state index contributed by atoms with van der Waals surface area (Å²) >= 11 is 1.23. The molecule has 3 rings (SSSR count). The largest absolute Gasteiger partial charge is 0.302 e. The number of hydrogen-bond donors (Lipinski definition) is 0. The molecule has 3 heterocycles. The van der Waals surface area contributed by atoms with Crippen molar-refractivity contribution >= 4 is 21.7 Å². The minimum Gasteiger partial charge on any atom is -0.302 e.